The Morgan fingerprint density at radius 3 is 2.30 bits per heavy atom. The van der Waals surface area contributed by atoms with Gasteiger partial charge in [0.05, 0.1) is 0 Å². The number of nitrogens with one attached hydrogen (secondary N) is 1. The molecule has 0 bridgehead atoms. The monoisotopic (exact) mass is 281 g/mol. The van der Waals surface area contributed by atoms with Crippen molar-refractivity contribution in [3.63, 3.8) is 0 Å². The minimum absolute atomic E-state index is 0.0606. The van der Waals surface area contributed by atoms with Crippen LogP contribution in [0.4, 0.5) is 0 Å². The highest BCUT2D eigenvalue weighted by Crippen LogP contribution is 2.31. The topological polar surface area (TPSA) is 87.7 Å². The largest absolute Gasteiger partial charge is 0.409 e. The molecule has 0 unspecified atom stereocenters. The molecule has 5 nitrogen and oxygen atoms in total. The van der Waals surface area contributed by atoms with Crippen LogP contribution >= 0.6 is 0 Å². The summed E-state index contributed by atoms with van der Waals surface area (Å²) in [6, 6.07) is 0. The number of oxime groups is 1. The third-order valence-corrected chi connectivity index (χ3v) is 4.88. The number of hydrogen-bond acceptors (Lipinski definition) is 3. The standard InChI is InChI=1S/C15H27N3O2/c16-14(18-20)15(9-5-6-10-15)17-13(19)11-12-7-3-1-2-4-8-12/h12,20H,1-11H2,(H2,16,18)(H,17,19). The lowest BCUT2D eigenvalue weighted by Gasteiger charge is -2.29. The molecule has 1 amide bonds. The van der Waals surface area contributed by atoms with Crippen molar-refractivity contribution in [2.75, 3.05) is 0 Å². The number of amides is 1. The van der Waals surface area contributed by atoms with E-state index < -0.39 is 5.54 Å². The summed E-state index contributed by atoms with van der Waals surface area (Å²) in [4.78, 5) is 12.3. The molecule has 2 aliphatic carbocycles. The van der Waals surface area contributed by atoms with E-state index >= 15 is 0 Å². The van der Waals surface area contributed by atoms with Gasteiger partial charge in [-0.05, 0) is 31.6 Å². The Labute approximate surface area is 121 Å². The van der Waals surface area contributed by atoms with E-state index in [1.807, 2.05) is 0 Å². The van der Waals surface area contributed by atoms with E-state index in [-0.39, 0.29) is 11.7 Å². The van der Waals surface area contributed by atoms with E-state index in [1.54, 1.807) is 0 Å². The van der Waals surface area contributed by atoms with Crippen molar-refractivity contribution in [2.45, 2.75) is 76.2 Å². The molecule has 114 valence electrons. The van der Waals surface area contributed by atoms with Crippen LogP contribution in [0.5, 0.6) is 0 Å². The number of nitrogens with two attached hydrogens (primary N) is 1. The van der Waals surface area contributed by atoms with Gasteiger partial charge in [0.25, 0.3) is 0 Å². The maximum absolute atomic E-state index is 12.3. The van der Waals surface area contributed by atoms with Crippen LogP contribution in [0.1, 0.15) is 70.6 Å². The smallest absolute Gasteiger partial charge is 0.221 e. The van der Waals surface area contributed by atoms with Crippen LogP contribution in [0.25, 0.3) is 0 Å². The average molecular weight is 281 g/mol. The summed E-state index contributed by atoms with van der Waals surface area (Å²) in [6.45, 7) is 0. The highest BCUT2D eigenvalue weighted by Gasteiger charge is 2.39. The van der Waals surface area contributed by atoms with Gasteiger partial charge in [-0.15, -0.1) is 0 Å². The van der Waals surface area contributed by atoms with Gasteiger partial charge in [-0.2, -0.15) is 0 Å². The third-order valence-electron chi connectivity index (χ3n) is 4.88. The molecule has 0 aromatic heterocycles. The summed E-state index contributed by atoms with van der Waals surface area (Å²) >= 11 is 0. The fourth-order valence-corrected chi connectivity index (χ4v) is 3.67. The van der Waals surface area contributed by atoms with Gasteiger partial charge in [0.1, 0.15) is 5.54 Å². The van der Waals surface area contributed by atoms with Crippen molar-refractivity contribution in [1.82, 2.24) is 5.32 Å². The van der Waals surface area contributed by atoms with Crippen molar-refractivity contribution in [1.29, 1.82) is 0 Å². The zero-order valence-electron chi connectivity index (χ0n) is 12.2. The zero-order valence-corrected chi connectivity index (χ0v) is 12.2. The molecule has 0 aliphatic heterocycles. The van der Waals surface area contributed by atoms with E-state index in [1.165, 1.54) is 25.7 Å². The van der Waals surface area contributed by atoms with E-state index in [0.717, 1.165) is 38.5 Å². The molecule has 4 N–H and O–H groups in total. The Morgan fingerprint density at radius 2 is 1.75 bits per heavy atom. The number of carbonyl (C=O) groups excluding carboxylic acids is 1. The molecule has 5 heteroatoms. The molecule has 0 heterocycles. The van der Waals surface area contributed by atoms with Gasteiger partial charge in [0.2, 0.25) is 5.91 Å². The second kappa shape index (κ2) is 6.95. The Morgan fingerprint density at radius 1 is 1.15 bits per heavy atom. The molecule has 0 spiro atoms. The van der Waals surface area contributed by atoms with E-state index in [9.17, 15) is 4.79 Å². The molecule has 0 saturated heterocycles. The zero-order chi connectivity index (χ0) is 14.4. The fourth-order valence-electron chi connectivity index (χ4n) is 3.67. The maximum atomic E-state index is 12.3. The molecule has 2 saturated carbocycles. The lowest BCUT2D eigenvalue weighted by atomic mass is 9.93. The predicted molar refractivity (Wildman–Crippen MR) is 78.6 cm³/mol. The Bertz CT molecular complexity index is 354. The molecule has 0 radical (unpaired) electrons. The quantitative estimate of drug-likeness (QED) is 0.243. The summed E-state index contributed by atoms with van der Waals surface area (Å²) < 4.78 is 0. The van der Waals surface area contributed by atoms with Crippen molar-refractivity contribution in [3.05, 3.63) is 0 Å². The SMILES string of the molecule is NC(=NO)C1(NC(=O)CC2CCCCCC2)CCCC1. The number of amidine groups is 1. The maximum Gasteiger partial charge on any atom is 0.221 e. The summed E-state index contributed by atoms with van der Waals surface area (Å²) in [5.41, 5.74) is 5.20. The second-order valence-electron chi connectivity index (χ2n) is 6.38. The highest BCUT2D eigenvalue weighted by molar-refractivity contribution is 5.94. The van der Waals surface area contributed by atoms with Crippen LogP contribution in [-0.4, -0.2) is 22.5 Å². The van der Waals surface area contributed by atoms with Gasteiger partial charge in [-0.1, -0.05) is 43.7 Å². The normalized spacial score (nSPS) is 24.3. The van der Waals surface area contributed by atoms with Crippen LogP contribution in [0.2, 0.25) is 0 Å². The van der Waals surface area contributed by atoms with Crippen LogP contribution in [0.3, 0.4) is 0 Å². The highest BCUT2D eigenvalue weighted by atomic mass is 16.4. The Hall–Kier alpha value is -1.26. The van der Waals surface area contributed by atoms with Crippen LogP contribution in [-0.2, 0) is 4.79 Å². The average Bonchev–Trinajstić information content (AvgIpc) is 2.76. The first-order valence-electron chi connectivity index (χ1n) is 7.95. The fraction of sp³-hybridized carbons (Fsp3) is 0.867. The third kappa shape index (κ3) is 3.64. The van der Waals surface area contributed by atoms with Crippen LogP contribution in [0, 0.1) is 5.92 Å². The van der Waals surface area contributed by atoms with Gasteiger partial charge >= 0.3 is 0 Å². The van der Waals surface area contributed by atoms with Crippen molar-refractivity contribution >= 4 is 11.7 Å². The number of carbonyl (C=O) groups is 1. The molecular formula is C15H27N3O2. The first-order valence-corrected chi connectivity index (χ1v) is 7.95. The van der Waals surface area contributed by atoms with Crippen LogP contribution < -0.4 is 11.1 Å². The molecular weight excluding hydrogens is 254 g/mol. The predicted octanol–water partition coefficient (Wildman–Crippen LogP) is 2.52. The van der Waals surface area contributed by atoms with Gasteiger partial charge < -0.3 is 16.3 Å². The summed E-state index contributed by atoms with van der Waals surface area (Å²) in [5.74, 6) is 0.720. The molecule has 20 heavy (non-hydrogen) atoms. The lowest BCUT2D eigenvalue weighted by Crippen LogP contribution is -2.56. The lowest BCUT2D eigenvalue weighted by molar-refractivity contribution is -0.123. The minimum atomic E-state index is -0.601. The van der Waals surface area contributed by atoms with Gasteiger partial charge in [-0.3, -0.25) is 4.79 Å². The molecule has 2 rings (SSSR count). The van der Waals surface area contributed by atoms with Crippen molar-refractivity contribution < 1.29 is 10.0 Å². The first-order chi connectivity index (χ1) is 9.66. The molecule has 0 aromatic carbocycles. The van der Waals surface area contributed by atoms with Gasteiger partial charge in [0, 0.05) is 6.42 Å². The number of rotatable bonds is 4. The van der Waals surface area contributed by atoms with E-state index in [4.69, 9.17) is 10.9 Å². The van der Waals surface area contributed by atoms with Crippen molar-refractivity contribution in [2.24, 2.45) is 16.8 Å². The summed E-state index contributed by atoms with van der Waals surface area (Å²) in [7, 11) is 0. The first kappa shape index (κ1) is 15.1. The molecule has 2 aliphatic rings. The van der Waals surface area contributed by atoms with Crippen molar-refractivity contribution in [3.8, 4) is 0 Å². The van der Waals surface area contributed by atoms with Crippen LogP contribution in [0.15, 0.2) is 5.16 Å². The van der Waals surface area contributed by atoms with E-state index in [2.05, 4.69) is 10.5 Å². The number of nitrogens with zero attached hydrogens (tertiary/aromatic N) is 1. The Kier molecular flexibility index (Phi) is 5.26. The molecule has 0 atom stereocenters. The van der Waals surface area contributed by atoms with E-state index in [0.29, 0.717) is 12.3 Å². The summed E-state index contributed by atoms with van der Waals surface area (Å²) in [6.07, 6.45) is 11.6. The van der Waals surface area contributed by atoms with Gasteiger partial charge in [-0.25, -0.2) is 0 Å². The van der Waals surface area contributed by atoms with Gasteiger partial charge in [0.15, 0.2) is 5.84 Å². The number of hydrogen-bond donors (Lipinski definition) is 3. The molecule has 2 fully saturated rings. The summed E-state index contributed by atoms with van der Waals surface area (Å²) in [5, 5.41) is 15.1. The second-order valence-corrected chi connectivity index (χ2v) is 6.38. The Balaban J connectivity index is 1.91. The minimum Gasteiger partial charge on any atom is -0.409 e. The molecule has 0 aromatic rings.